The average Bonchev–Trinajstić information content (AvgIpc) is 1.94. The van der Waals surface area contributed by atoms with Gasteiger partial charge in [-0.2, -0.15) is 0 Å². The van der Waals surface area contributed by atoms with Gasteiger partial charge in [0.1, 0.15) is 0 Å². The third-order valence-corrected chi connectivity index (χ3v) is 3.68. The Morgan fingerprint density at radius 1 is 1.38 bits per heavy atom. The Bertz CT molecular complexity index is 78.5. The van der Waals surface area contributed by atoms with Crippen LogP contribution < -0.4 is 0 Å². The van der Waals surface area contributed by atoms with Crippen molar-refractivity contribution in [3.8, 4) is 0 Å². The second-order valence-electron chi connectivity index (χ2n) is 1.90. The third-order valence-electron chi connectivity index (χ3n) is 1.11. The van der Waals surface area contributed by atoms with Gasteiger partial charge in [-0.25, -0.2) is 0 Å². The lowest BCUT2D eigenvalue weighted by molar-refractivity contribution is 0.822. The van der Waals surface area contributed by atoms with Gasteiger partial charge in [0.15, 0.2) is 0 Å². The zero-order valence-corrected chi connectivity index (χ0v) is 6.49. The third kappa shape index (κ3) is 2.14. The topological polar surface area (TPSA) is 0 Å². The second-order valence-corrected chi connectivity index (χ2v) is 4.50. The summed E-state index contributed by atoms with van der Waals surface area (Å²) in [5.41, 5.74) is 0. The molecule has 0 bridgehead atoms. The lowest BCUT2D eigenvalue weighted by Crippen LogP contribution is -1.72. The fourth-order valence-electron chi connectivity index (χ4n) is 0.650. The van der Waals surface area contributed by atoms with Gasteiger partial charge in [-0.1, -0.05) is 28.2 Å². The lowest BCUT2D eigenvalue weighted by Gasteiger charge is -1.92. The molecule has 0 aromatic heterocycles. The summed E-state index contributed by atoms with van der Waals surface area (Å²) in [7, 11) is 3.80. The largest absolute Gasteiger partial charge is 0.0893 e. The highest BCUT2D eigenvalue weighted by molar-refractivity contribution is 8.78. The molecule has 1 heterocycles. The maximum atomic E-state index is 3.92. The van der Waals surface area contributed by atoms with Gasteiger partial charge in [0.25, 0.3) is 0 Å². The quantitative estimate of drug-likeness (QED) is 0.482. The molecule has 1 fully saturated rings. The molecule has 0 radical (unpaired) electrons. The summed E-state index contributed by atoms with van der Waals surface area (Å²) in [5, 5.41) is 0. The Morgan fingerprint density at radius 2 is 2.25 bits per heavy atom. The average molecular weight is 146 g/mol. The van der Waals surface area contributed by atoms with Gasteiger partial charge in [0, 0.05) is 5.75 Å². The van der Waals surface area contributed by atoms with E-state index in [4.69, 9.17) is 0 Å². The first-order chi connectivity index (χ1) is 3.89. The van der Waals surface area contributed by atoms with E-state index < -0.39 is 0 Å². The van der Waals surface area contributed by atoms with Crippen LogP contribution in [0.25, 0.3) is 0 Å². The monoisotopic (exact) mass is 146 g/mol. The Morgan fingerprint density at radius 3 is 3.12 bits per heavy atom. The zero-order chi connectivity index (χ0) is 5.82. The van der Waals surface area contributed by atoms with Crippen molar-refractivity contribution in [2.24, 2.45) is 0 Å². The fourth-order valence-corrected chi connectivity index (χ4v) is 2.80. The first-order valence-corrected chi connectivity index (χ1v) is 5.19. The minimum atomic E-state index is 1.23. The van der Waals surface area contributed by atoms with Crippen molar-refractivity contribution < 1.29 is 0 Å². The Hall–Kier alpha value is 0.440. The predicted octanol–water partition coefficient (Wildman–Crippen LogP) is 3.07. The second kappa shape index (κ2) is 3.46. The van der Waals surface area contributed by atoms with Crippen LogP contribution in [0.1, 0.15) is 19.3 Å². The molecule has 1 aliphatic rings. The van der Waals surface area contributed by atoms with Crippen molar-refractivity contribution in [3.63, 3.8) is 0 Å². The molecule has 8 heavy (non-hydrogen) atoms. The van der Waals surface area contributed by atoms with Crippen LogP contribution in [0, 0.1) is 0 Å². The molecular weight excluding hydrogens is 136 g/mol. The molecule has 0 saturated carbocycles. The molecule has 0 aliphatic carbocycles. The highest BCUT2D eigenvalue weighted by atomic mass is 33.1. The van der Waals surface area contributed by atoms with E-state index in [0.29, 0.717) is 0 Å². The molecule has 0 atom stereocenters. The summed E-state index contributed by atoms with van der Waals surface area (Å²) in [5.74, 6) is 1.31. The first kappa shape index (κ1) is 6.56. The number of rotatable bonds is 0. The van der Waals surface area contributed by atoms with E-state index in [2.05, 4.69) is 6.58 Å². The minimum absolute atomic E-state index is 1.23. The molecule has 0 aromatic carbocycles. The van der Waals surface area contributed by atoms with Gasteiger partial charge in [0.2, 0.25) is 0 Å². The molecule has 2 heteroatoms. The summed E-state index contributed by atoms with van der Waals surface area (Å²) < 4.78 is 0. The molecule has 0 nitrogen and oxygen atoms in total. The van der Waals surface area contributed by atoms with Gasteiger partial charge in [-0.3, -0.25) is 0 Å². The maximum absolute atomic E-state index is 3.92. The number of hydrogen-bond donors (Lipinski definition) is 0. The van der Waals surface area contributed by atoms with Crippen LogP contribution in [0.3, 0.4) is 0 Å². The summed E-state index contributed by atoms with van der Waals surface area (Å²) >= 11 is 0. The SMILES string of the molecule is C=C1CCCCSS1. The Labute approximate surface area is 58.5 Å². The van der Waals surface area contributed by atoms with Crippen LogP contribution in [0.5, 0.6) is 0 Å². The zero-order valence-electron chi connectivity index (χ0n) is 4.85. The van der Waals surface area contributed by atoms with Crippen molar-refractivity contribution in [2.45, 2.75) is 19.3 Å². The minimum Gasteiger partial charge on any atom is -0.0893 e. The van der Waals surface area contributed by atoms with Crippen molar-refractivity contribution in [2.75, 3.05) is 5.75 Å². The fraction of sp³-hybridized carbons (Fsp3) is 0.667. The van der Waals surface area contributed by atoms with E-state index in [-0.39, 0.29) is 0 Å². The molecule has 46 valence electrons. The summed E-state index contributed by atoms with van der Waals surface area (Å²) in [4.78, 5) is 1.35. The van der Waals surface area contributed by atoms with Crippen molar-refractivity contribution in [3.05, 3.63) is 11.5 Å². The molecule has 0 spiro atoms. The number of hydrogen-bond acceptors (Lipinski definition) is 2. The van der Waals surface area contributed by atoms with Gasteiger partial charge < -0.3 is 0 Å². The summed E-state index contributed by atoms with van der Waals surface area (Å²) in [6, 6.07) is 0. The van der Waals surface area contributed by atoms with E-state index >= 15 is 0 Å². The summed E-state index contributed by atoms with van der Waals surface area (Å²) in [6.45, 7) is 3.92. The Kier molecular flexibility index (Phi) is 2.84. The molecule has 1 rings (SSSR count). The normalized spacial score (nSPS) is 22.8. The standard InChI is InChI=1S/C6H10S2/c1-6-4-2-3-5-7-8-6/h1-5H2. The van der Waals surface area contributed by atoms with Crippen LogP contribution in [0.2, 0.25) is 0 Å². The van der Waals surface area contributed by atoms with Crippen molar-refractivity contribution in [1.82, 2.24) is 0 Å². The maximum Gasteiger partial charge on any atom is 0.00403 e. The van der Waals surface area contributed by atoms with Crippen LogP contribution in [-0.2, 0) is 0 Å². The smallest absolute Gasteiger partial charge is 0.00403 e. The molecule has 1 aliphatic heterocycles. The molecule has 0 unspecified atom stereocenters. The lowest BCUT2D eigenvalue weighted by atomic mass is 10.2. The van der Waals surface area contributed by atoms with E-state index in [9.17, 15) is 0 Å². The highest BCUT2D eigenvalue weighted by Crippen LogP contribution is 2.35. The van der Waals surface area contributed by atoms with Gasteiger partial charge in [-0.15, -0.1) is 0 Å². The van der Waals surface area contributed by atoms with Crippen molar-refractivity contribution in [1.29, 1.82) is 0 Å². The molecule has 0 aromatic rings. The summed E-state index contributed by atoms with van der Waals surface area (Å²) in [6.07, 6.45) is 3.95. The predicted molar refractivity (Wildman–Crippen MR) is 43.0 cm³/mol. The van der Waals surface area contributed by atoms with E-state index in [1.807, 2.05) is 21.6 Å². The molecule has 1 saturated heterocycles. The molecule has 0 amide bonds. The van der Waals surface area contributed by atoms with Crippen LogP contribution in [0.4, 0.5) is 0 Å². The van der Waals surface area contributed by atoms with Crippen LogP contribution in [-0.4, -0.2) is 5.75 Å². The number of allylic oxidation sites excluding steroid dienone is 1. The van der Waals surface area contributed by atoms with E-state index in [0.717, 1.165) is 0 Å². The van der Waals surface area contributed by atoms with E-state index in [1.54, 1.807) is 0 Å². The first-order valence-electron chi connectivity index (χ1n) is 2.87. The van der Waals surface area contributed by atoms with Gasteiger partial charge >= 0.3 is 0 Å². The Balaban J connectivity index is 2.27. The molecular formula is C6H10S2. The van der Waals surface area contributed by atoms with Crippen molar-refractivity contribution >= 4 is 21.6 Å². The van der Waals surface area contributed by atoms with Crippen LogP contribution in [0.15, 0.2) is 11.5 Å². The van der Waals surface area contributed by atoms with E-state index in [1.165, 1.54) is 29.9 Å². The highest BCUT2D eigenvalue weighted by Gasteiger charge is 2.01. The van der Waals surface area contributed by atoms with Gasteiger partial charge in [0.05, 0.1) is 0 Å². The van der Waals surface area contributed by atoms with Crippen LogP contribution >= 0.6 is 21.6 Å². The van der Waals surface area contributed by atoms with Gasteiger partial charge in [-0.05, 0) is 24.2 Å². The molecule has 0 N–H and O–H groups in total.